The van der Waals surface area contributed by atoms with E-state index in [0.717, 1.165) is 6.42 Å². The van der Waals surface area contributed by atoms with Crippen LogP contribution in [0.5, 0.6) is 11.5 Å². The lowest BCUT2D eigenvalue weighted by Crippen LogP contribution is -2.52. The molecule has 2 rings (SSSR count). The largest absolute Gasteiger partial charge is 0.497 e. The van der Waals surface area contributed by atoms with E-state index in [4.69, 9.17) is 21.7 Å². The number of amides is 1. The molecule has 1 aromatic carbocycles. The maximum absolute atomic E-state index is 12.4. The second-order valence-corrected chi connectivity index (χ2v) is 6.90. The Labute approximate surface area is 154 Å². The number of thiocarbonyl (C=S) groups is 1. The molecule has 0 heterocycles. The zero-order valence-electron chi connectivity index (χ0n) is 15.2. The average molecular weight is 365 g/mol. The summed E-state index contributed by atoms with van der Waals surface area (Å²) in [6.45, 7) is 4.51. The molecule has 0 saturated heterocycles. The first-order valence-corrected chi connectivity index (χ1v) is 8.96. The number of nitrogens with one attached hydrogen (secondary N) is 3. The second-order valence-electron chi connectivity index (χ2n) is 6.49. The van der Waals surface area contributed by atoms with Crippen molar-refractivity contribution in [3.8, 4) is 11.5 Å². The number of hydrogen-bond acceptors (Lipinski definition) is 4. The summed E-state index contributed by atoms with van der Waals surface area (Å²) in [5, 5.41) is 3.73. The number of carbonyl (C=O) groups excluding carboxylic acids is 1. The number of hydrogen-bond donors (Lipinski definition) is 3. The molecule has 1 aromatic rings. The highest BCUT2D eigenvalue weighted by atomic mass is 32.1. The Morgan fingerprint density at radius 3 is 2.60 bits per heavy atom. The van der Waals surface area contributed by atoms with E-state index >= 15 is 0 Å². The number of hydrazine groups is 1. The fraction of sp³-hybridized carbons (Fsp3) is 0.556. The van der Waals surface area contributed by atoms with E-state index in [0.29, 0.717) is 40.1 Å². The smallest absolute Gasteiger partial charge is 0.273 e. The van der Waals surface area contributed by atoms with Crippen molar-refractivity contribution >= 4 is 23.2 Å². The van der Waals surface area contributed by atoms with Gasteiger partial charge in [0.1, 0.15) is 11.5 Å². The summed E-state index contributed by atoms with van der Waals surface area (Å²) in [7, 11) is 3.07. The normalized spacial score (nSPS) is 22.6. The third-order valence-corrected chi connectivity index (χ3v) is 5.19. The van der Waals surface area contributed by atoms with Gasteiger partial charge >= 0.3 is 0 Å². The van der Waals surface area contributed by atoms with E-state index in [1.165, 1.54) is 20.0 Å². The molecule has 1 saturated carbocycles. The van der Waals surface area contributed by atoms with E-state index in [1.807, 2.05) is 0 Å². The van der Waals surface area contributed by atoms with E-state index in [2.05, 4.69) is 30.0 Å². The van der Waals surface area contributed by atoms with E-state index in [1.54, 1.807) is 25.3 Å². The number of ether oxygens (including phenoxy) is 2. The Kier molecular flexibility index (Phi) is 6.87. The molecule has 1 amide bonds. The third-order valence-electron chi connectivity index (χ3n) is 4.97. The summed E-state index contributed by atoms with van der Waals surface area (Å²) in [5.74, 6) is 1.96. The molecule has 25 heavy (non-hydrogen) atoms. The highest BCUT2D eigenvalue weighted by Crippen LogP contribution is 2.29. The molecular weight excluding hydrogens is 338 g/mol. The predicted octanol–water partition coefficient (Wildman–Crippen LogP) is 2.64. The van der Waals surface area contributed by atoms with Gasteiger partial charge in [-0.3, -0.25) is 15.6 Å². The van der Waals surface area contributed by atoms with E-state index in [9.17, 15) is 4.79 Å². The maximum Gasteiger partial charge on any atom is 0.273 e. The highest BCUT2D eigenvalue weighted by Gasteiger charge is 2.27. The first kappa shape index (κ1) is 19.3. The lowest BCUT2D eigenvalue weighted by molar-refractivity contribution is 0.0940. The molecule has 1 fully saturated rings. The molecule has 0 unspecified atom stereocenters. The van der Waals surface area contributed by atoms with Crippen LogP contribution in [0.2, 0.25) is 0 Å². The lowest BCUT2D eigenvalue weighted by atomic mass is 9.78. The van der Waals surface area contributed by atoms with Gasteiger partial charge in [0, 0.05) is 12.1 Å². The fourth-order valence-corrected chi connectivity index (χ4v) is 3.36. The van der Waals surface area contributed by atoms with Crippen LogP contribution in [-0.4, -0.2) is 31.3 Å². The van der Waals surface area contributed by atoms with Crippen LogP contribution >= 0.6 is 12.2 Å². The number of methoxy groups -OCH3 is 2. The van der Waals surface area contributed by atoms with Crippen LogP contribution in [0.4, 0.5) is 0 Å². The molecule has 7 heteroatoms. The molecule has 1 aliphatic carbocycles. The van der Waals surface area contributed by atoms with Crippen LogP contribution in [0.15, 0.2) is 18.2 Å². The molecular formula is C18H27N3O3S. The lowest BCUT2D eigenvalue weighted by Gasteiger charge is -2.35. The van der Waals surface area contributed by atoms with Crippen LogP contribution in [0.3, 0.4) is 0 Å². The van der Waals surface area contributed by atoms with Gasteiger partial charge in [0.2, 0.25) is 0 Å². The quantitative estimate of drug-likeness (QED) is 0.563. The first-order chi connectivity index (χ1) is 12.0. The zero-order chi connectivity index (χ0) is 18.4. The van der Waals surface area contributed by atoms with Crippen molar-refractivity contribution in [3.63, 3.8) is 0 Å². The summed E-state index contributed by atoms with van der Waals surface area (Å²) < 4.78 is 10.4. The molecule has 6 nitrogen and oxygen atoms in total. The zero-order valence-corrected chi connectivity index (χ0v) is 16.0. The molecule has 1 aliphatic rings. The molecule has 3 atom stereocenters. The van der Waals surface area contributed by atoms with Crippen molar-refractivity contribution < 1.29 is 14.3 Å². The van der Waals surface area contributed by atoms with E-state index in [-0.39, 0.29) is 5.91 Å². The summed E-state index contributed by atoms with van der Waals surface area (Å²) >= 11 is 5.31. The van der Waals surface area contributed by atoms with Crippen LogP contribution in [0.1, 0.15) is 43.5 Å². The summed E-state index contributed by atoms with van der Waals surface area (Å²) in [6.07, 6.45) is 3.54. The summed E-state index contributed by atoms with van der Waals surface area (Å²) in [5.41, 5.74) is 5.79. The van der Waals surface area contributed by atoms with Crippen molar-refractivity contribution in [2.45, 2.75) is 39.2 Å². The fourth-order valence-electron chi connectivity index (χ4n) is 3.16. The van der Waals surface area contributed by atoms with Gasteiger partial charge in [-0.25, -0.2) is 0 Å². The Hall–Kier alpha value is -2.02. The summed E-state index contributed by atoms with van der Waals surface area (Å²) in [4.78, 5) is 12.4. The van der Waals surface area contributed by atoms with Crippen molar-refractivity contribution in [1.82, 2.24) is 16.2 Å². The van der Waals surface area contributed by atoms with Gasteiger partial charge in [-0.05, 0) is 42.6 Å². The van der Waals surface area contributed by atoms with Gasteiger partial charge in [-0.2, -0.15) is 0 Å². The molecule has 0 spiro atoms. The van der Waals surface area contributed by atoms with Gasteiger partial charge in [-0.15, -0.1) is 0 Å². The van der Waals surface area contributed by atoms with Gasteiger partial charge in [0.25, 0.3) is 5.91 Å². The maximum atomic E-state index is 12.4. The topological polar surface area (TPSA) is 71.6 Å². The average Bonchev–Trinajstić information content (AvgIpc) is 2.62. The van der Waals surface area contributed by atoms with Crippen LogP contribution < -0.4 is 25.6 Å². The number of benzene rings is 1. The van der Waals surface area contributed by atoms with Gasteiger partial charge < -0.3 is 14.8 Å². The minimum Gasteiger partial charge on any atom is -0.497 e. The van der Waals surface area contributed by atoms with Crippen LogP contribution in [0.25, 0.3) is 0 Å². The van der Waals surface area contributed by atoms with Crippen molar-refractivity contribution in [2.75, 3.05) is 14.2 Å². The first-order valence-electron chi connectivity index (χ1n) is 8.55. The Morgan fingerprint density at radius 2 is 1.92 bits per heavy atom. The number of rotatable bonds is 4. The van der Waals surface area contributed by atoms with Crippen LogP contribution in [0, 0.1) is 11.8 Å². The predicted molar refractivity (Wildman–Crippen MR) is 102 cm³/mol. The Bertz CT molecular complexity index is 624. The summed E-state index contributed by atoms with van der Waals surface area (Å²) in [6, 6.07) is 5.35. The Balaban J connectivity index is 1.90. The van der Waals surface area contributed by atoms with Crippen molar-refractivity contribution in [3.05, 3.63) is 23.8 Å². The minimum absolute atomic E-state index is 0.325. The molecule has 0 bridgehead atoms. The molecule has 0 aliphatic heterocycles. The SMILES string of the molecule is COc1ccc(C(=O)NNC(=S)N[C@@H]2CCC[C@H](C)[C@H]2C)c(OC)c1. The van der Waals surface area contributed by atoms with Gasteiger partial charge in [-0.1, -0.05) is 26.7 Å². The second kappa shape index (κ2) is 8.89. The monoisotopic (exact) mass is 365 g/mol. The van der Waals surface area contributed by atoms with Crippen molar-refractivity contribution in [2.24, 2.45) is 11.8 Å². The van der Waals surface area contributed by atoms with Gasteiger partial charge in [0.05, 0.1) is 19.8 Å². The van der Waals surface area contributed by atoms with Crippen LogP contribution in [-0.2, 0) is 0 Å². The van der Waals surface area contributed by atoms with E-state index < -0.39 is 0 Å². The minimum atomic E-state index is -0.325. The molecule has 3 N–H and O–H groups in total. The van der Waals surface area contributed by atoms with Gasteiger partial charge in [0.15, 0.2) is 5.11 Å². The standard InChI is InChI=1S/C18H27N3O3S/c1-11-6-5-7-15(12(11)2)19-18(25)21-20-17(22)14-9-8-13(23-3)10-16(14)24-4/h8-12,15H,5-7H2,1-4H3,(H,20,22)(H2,19,21,25)/t11-,12+,15+/m0/s1. The Morgan fingerprint density at radius 1 is 1.16 bits per heavy atom. The highest BCUT2D eigenvalue weighted by molar-refractivity contribution is 7.80. The number of carbonyl (C=O) groups is 1. The molecule has 0 radical (unpaired) electrons. The third kappa shape index (κ3) is 4.98. The molecule has 0 aromatic heterocycles. The molecule has 138 valence electrons. The van der Waals surface area contributed by atoms with Crippen molar-refractivity contribution in [1.29, 1.82) is 0 Å².